The largest absolute Gasteiger partial charge is 0.307 e. The second-order valence-electron chi connectivity index (χ2n) is 7.12. The smallest absolute Gasteiger partial charge is 0.243 e. The Hall–Kier alpha value is -2.98. The summed E-state index contributed by atoms with van der Waals surface area (Å²) in [6.45, 7) is 2.28. The van der Waals surface area contributed by atoms with Crippen LogP contribution in [0.25, 0.3) is 0 Å². The predicted molar refractivity (Wildman–Crippen MR) is 109 cm³/mol. The molecule has 0 radical (unpaired) electrons. The number of sulfonamides is 1. The molecule has 1 saturated heterocycles. The maximum Gasteiger partial charge on any atom is 0.243 e. The standard InChI is InChI=1S/C20H21FN6O2S/c1-14-3-4-16(11-17(14)21)30(28,29)27-9-5-15(6-10-27)18-12-22-13-19(25-18)26-20-23-7-2-8-24-20/h2-4,7-8,11-13,15H,5-6,9-10H2,1H3,(H,23,24,25,26). The van der Waals surface area contributed by atoms with Gasteiger partial charge in [-0.25, -0.2) is 27.8 Å². The summed E-state index contributed by atoms with van der Waals surface area (Å²) < 4.78 is 41.0. The molecule has 1 aliphatic rings. The van der Waals surface area contributed by atoms with Crippen LogP contribution in [0.4, 0.5) is 16.2 Å². The van der Waals surface area contributed by atoms with Crippen LogP contribution in [-0.2, 0) is 10.0 Å². The molecule has 0 aliphatic carbocycles. The fourth-order valence-corrected chi connectivity index (χ4v) is 4.87. The first kappa shape index (κ1) is 20.3. The SMILES string of the molecule is Cc1ccc(S(=O)(=O)N2CCC(c3cncc(Nc4ncccn4)n3)CC2)cc1F. The van der Waals surface area contributed by atoms with E-state index in [1.54, 1.807) is 37.8 Å². The third-order valence-electron chi connectivity index (χ3n) is 5.11. The van der Waals surface area contributed by atoms with E-state index in [1.807, 2.05) is 0 Å². The summed E-state index contributed by atoms with van der Waals surface area (Å²) in [6.07, 6.45) is 7.75. The van der Waals surface area contributed by atoms with Gasteiger partial charge in [0.2, 0.25) is 16.0 Å². The number of nitrogens with zero attached hydrogens (tertiary/aromatic N) is 5. The monoisotopic (exact) mass is 428 g/mol. The summed E-state index contributed by atoms with van der Waals surface area (Å²) in [5.74, 6) is 0.518. The Labute approximate surface area is 174 Å². The molecule has 0 spiro atoms. The van der Waals surface area contributed by atoms with Crippen molar-refractivity contribution in [1.82, 2.24) is 24.2 Å². The van der Waals surface area contributed by atoms with Crippen molar-refractivity contribution in [2.75, 3.05) is 18.4 Å². The van der Waals surface area contributed by atoms with E-state index in [2.05, 4.69) is 25.3 Å². The van der Waals surface area contributed by atoms with E-state index >= 15 is 0 Å². The van der Waals surface area contributed by atoms with Gasteiger partial charge in [-0.1, -0.05) is 6.07 Å². The van der Waals surface area contributed by atoms with E-state index in [1.165, 1.54) is 16.4 Å². The summed E-state index contributed by atoms with van der Waals surface area (Å²) in [5, 5.41) is 3.01. The fourth-order valence-electron chi connectivity index (χ4n) is 3.39. The lowest BCUT2D eigenvalue weighted by molar-refractivity contribution is 0.316. The molecule has 1 aliphatic heterocycles. The van der Waals surface area contributed by atoms with Gasteiger partial charge in [-0.2, -0.15) is 4.31 Å². The van der Waals surface area contributed by atoms with Gasteiger partial charge < -0.3 is 5.32 Å². The Balaban J connectivity index is 1.44. The molecule has 0 saturated carbocycles. The van der Waals surface area contributed by atoms with Crippen molar-refractivity contribution >= 4 is 21.8 Å². The number of hydrogen-bond donors (Lipinski definition) is 1. The van der Waals surface area contributed by atoms with Crippen molar-refractivity contribution in [2.45, 2.75) is 30.6 Å². The molecule has 156 valence electrons. The zero-order valence-electron chi connectivity index (χ0n) is 16.4. The number of aryl methyl sites for hydroxylation is 1. The average molecular weight is 428 g/mol. The number of benzene rings is 1. The number of nitrogens with one attached hydrogen (secondary N) is 1. The number of halogens is 1. The van der Waals surface area contributed by atoms with Crippen molar-refractivity contribution in [1.29, 1.82) is 0 Å². The Kier molecular flexibility index (Phi) is 5.69. The number of hydrogen-bond acceptors (Lipinski definition) is 7. The van der Waals surface area contributed by atoms with Gasteiger partial charge >= 0.3 is 0 Å². The summed E-state index contributed by atoms with van der Waals surface area (Å²) in [6, 6.07) is 5.74. The van der Waals surface area contributed by atoms with Gasteiger partial charge in [-0.3, -0.25) is 4.98 Å². The minimum Gasteiger partial charge on any atom is -0.307 e. The molecule has 10 heteroatoms. The fraction of sp³-hybridized carbons (Fsp3) is 0.300. The first-order chi connectivity index (χ1) is 14.4. The molecular formula is C20H21FN6O2S. The van der Waals surface area contributed by atoms with E-state index in [0.717, 1.165) is 11.8 Å². The van der Waals surface area contributed by atoms with Crippen molar-refractivity contribution in [2.24, 2.45) is 0 Å². The van der Waals surface area contributed by atoms with Gasteiger partial charge in [0.15, 0.2) is 5.82 Å². The third-order valence-corrected chi connectivity index (χ3v) is 7.01. The van der Waals surface area contributed by atoms with Crippen LogP contribution < -0.4 is 5.32 Å². The minimum absolute atomic E-state index is 0.0158. The Morgan fingerprint density at radius 3 is 2.57 bits per heavy atom. The highest BCUT2D eigenvalue weighted by atomic mass is 32.2. The van der Waals surface area contributed by atoms with Crippen LogP contribution in [0.2, 0.25) is 0 Å². The van der Waals surface area contributed by atoms with Gasteiger partial charge in [0.1, 0.15) is 5.82 Å². The predicted octanol–water partition coefficient (Wildman–Crippen LogP) is 3.03. The molecule has 4 rings (SSSR count). The van der Waals surface area contributed by atoms with E-state index in [4.69, 9.17) is 0 Å². The Bertz CT molecular complexity index is 1140. The van der Waals surface area contributed by atoms with Crippen LogP contribution in [-0.4, -0.2) is 45.7 Å². The zero-order chi connectivity index (χ0) is 21.1. The highest BCUT2D eigenvalue weighted by molar-refractivity contribution is 7.89. The molecule has 3 aromatic rings. The van der Waals surface area contributed by atoms with Gasteiger partial charge in [-0.15, -0.1) is 0 Å². The van der Waals surface area contributed by atoms with Crippen molar-refractivity contribution in [3.05, 3.63) is 66.1 Å². The van der Waals surface area contributed by atoms with Crippen LogP contribution in [0, 0.1) is 12.7 Å². The lowest BCUT2D eigenvalue weighted by atomic mass is 9.95. The van der Waals surface area contributed by atoms with Gasteiger partial charge in [0.25, 0.3) is 0 Å². The van der Waals surface area contributed by atoms with Crippen molar-refractivity contribution < 1.29 is 12.8 Å². The van der Waals surface area contributed by atoms with E-state index in [9.17, 15) is 12.8 Å². The molecule has 0 atom stereocenters. The van der Waals surface area contributed by atoms with Crippen molar-refractivity contribution in [3.8, 4) is 0 Å². The first-order valence-electron chi connectivity index (χ1n) is 9.56. The normalized spacial score (nSPS) is 15.8. The lowest BCUT2D eigenvalue weighted by Gasteiger charge is -2.31. The molecule has 30 heavy (non-hydrogen) atoms. The molecule has 1 N–H and O–H groups in total. The van der Waals surface area contributed by atoms with Gasteiger partial charge in [0.05, 0.1) is 16.8 Å². The van der Waals surface area contributed by atoms with Crippen LogP contribution in [0.3, 0.4) is 0 Å². The Morgan fingerprint density at radius 2 is 1.87 bits per heavy atom. The van der Waals surface area contributed by atoms with E-state index in [-0.39, 0.29) is 10.8 Å². The quantitative estimate of drug-likeness (QED) is 0.666. The second kappa shape index (κ2) is 8.41. The second-order valence-corrected chi connectivity index (χ2v) is 9.05. The third kappa shape index (κ3) is 4.29. The summed E-state index contributed by atoms with van der Waals surface area (Å²) in [7, 11) is -3.73. The number of rotatable bonds is 5. The molecule has 8 nitrogen and oxygen atoms in total. The molecule has 2 aromatic heterocycles. The summed E-state index contributed by atoms with van der Waals surface area (Å²) in [4.78, 5) is 17.0. The zero-order valence-corrected chi connectivity index (χ0v) is 17.2. The maximum absolute atomic E-state index is 13.8. The highest BCUT2D eigenvalue weighted by Crippen LogP contribution is 2.30. The molecular weight excluding hydrogens is 407 g/mol. The molecule has 1 aromatic carbocycles. The van der Waals surface area contributed by atoms with E-state index in [0.29, 0.717) is 43.3 Å². The highest BCUT2D eigenvalue weighted by Gasteiger charge is 2.31. The van der Waals surface area contributed by atoms with E-state index < -0.39 is 15.8 Å². The number of piperidine rings is 1. The topological polar surface area (TPSA) is 101 Å². The summed E-state index contributed by atoms with van der Waals surface area (Å²) >= 11 is 0. The molecule has 0 unspecified atom stereocenters. The van der Waals surface area contributed by atoms with Gasteiger partial charge in [0, 0.05) is 37.6 Å². The molecule has 1 fully saturated rings. The minimum atomic E-state index is -3.73. The van der Waals surface area contributed by atoms with Gasteiger partial charge in [-0.05, 0) is 43.5 Å². The number of anilines is 2. The van der Waals surface area contributed by atoms with Crippen molar-refractivity contribution in [3.63, 3.8) is 0 Å². The molecule has 3 heterocycles. The maximum atomic E-state index is 13.8. The Morgan fingerprint density at radius 1 is 1.13 bits per heavy atom. The number of aromatic nitrogens is 4. The van der Waals surface area contributed by atoms with Crippen LogP contribution in [0.1, 0.15) is 30.0 Å². The van der Waals surface area contributed by atoms with Crippen LogP contribution in [0.15, 0.2) is 53.9 Å². The van der Waals surface area contributed by atoms with Crippen LogP contribution in [0.5, 0.6) is 0 Å². The first-order valence-corrected chi connectivity index (χ1v) is 11.0. The summed E-state index contributed by atoms with van der Waals surface area (Å²) in [5.41, 5.74) is 1.20. The molecule has 0 bridgehead atoms. The van der Waals surface area contributed by atoms with Crippen LogP contribution >= 0.6 is 0 Å². The molecule has 0 amide bonds. The average Bonchev–Trinajstić information content (AvgIpc) is 2.76. The lowest BCUT2D eigenvalue weighted by Crippen LogP contribution is -2.38.